The van der Waals surface area contributed by atoms with Gasteiger partial charge in [-0.3, -0.25) is 0 Å². The Hall–Kier alpha value is -2.71. The van der Waals surface area contributed by atoms with Crippen LogP contribution < -0.4 is 4.90 Å². The molecule has 1 heterocycles. The Morgan fingerprint density at radius 3 is 2.27 bits per heavy atom. The molecule has 0 unspecified atom stereocenters. The van der Waals surface area contributed by atoms with Gasteiger partial charge in [-0.2, -0.15) is 0 Å². The maximum absolute atomic E-state index is 11.5. The first-order chi connectivity index (χ1) is 12.4. The van der Waals surface area contributed by atoms with Gasteiger partial charge >= 0.3 is 0 Å². The number of aromatic nitrogens is 1. The number of nitrogens with zero attached hydrogens (tertiary/aromatic N) is 1. The molecule has 0 radical (unpaired) electrons. The van der Waals surface area contributed by atoms with Gasteiger partial charge in [0.15, 0.2) is 9.84 Å². The lowest BCUT2D eigenvalue weighted by atomic mass is 10.2. The molecule has 1 aromatic heterocycles. The Balaban J connectivity index is 1.87. The summed E-state index contributed by atoms with van der Waals surface area (Å²) in [6.07, 6.45) is 1.20. The largest absolute Gasteiger partial charge is 0.372 e. The molecule has 5 heteroatoms. The minimum Gasteiger partial charge on any atom is -0.372 e. The lowest BCUT2D eigenvalue weighted by molar-refractivity contribution is 0.602. The number of aromatic amines is 1. The van der Waals surface area contributed by atoms with Gasteiger partial charge in [-0.25, -0.2) is 8.42 Å². The van der Waals surface area contributed by atoms with Crippen LogP contribution in [0.25, 0.3) is 10.9 Å². The maximum Gasteiger partial charge on any atom is 0.175 e. The first-order valence-corrected chi connectivity index (χ1v) is 10.5. The second-order valence-electron chi connectivity index (χ2n) is 6.17. The van der Waals surface area contributed by atoms with E-state index in [1.165, 1.54) is 11.9 Å². The molecule has 3 aromatic rings. The third-order valence-corrected chi connectivity index (χ3v) is 5.49. The van der Waals surface area contributed by atoms with Crippen molar-refractivity contribution >= 4 is 26.4 Å². The number of rotatable bonds is 4. The summed E-state index contributed by atoms with van der Waals surface area (Å²) in [5.74, 6) is 6.19. The van der Waals surface area contributed by atoms with Crippen molar-refractivity contribution in [3.8, 4) is 11.8 Å². The minimum absolute atomic E-state index is 0.303. The predicted molar refractivity (Wildman–Crippen MR) is 107 cm³/mol. The Kier molecular flexibility index (Phi) is 5.06. The highest BCUT2D eigenvalue weighted by Gasteiger charge is 2.06. The number of sulfone groups is 1. The van der Waals surface area contributed by atoms with Crippen molar-refractivity contribution in [2.24, 2.45) is 0 Å². The standard InChI is InChI=1S/C21H22N2O2S/c1-4-23(5-2)19-11-9-17-14-18(22-21(17)15-19)10-6-16-7-12-20(13-8-16)26(3,24)25/h7-9,11-15,22H,4-5H2,1-3H3. The first-order valence-electron chi connectivity index (χ1n) is 8.60. The van der Waals surface area contributed by atoms with Crippen LogP contribution >= 0.6 is 0 Å². The highest BCUT2D eigenvalue weighted by molar-refractivity contribution is 7.90. The molecule has 0 saturated carbocycles. The summed E-state index contributed by atoms with van der Waals surface area (Å²) in [6, 6.07) is 15.0. The maximum atomic E-state index is 11.5. The SMILES string of the molecule is CCN(CC)c1ccc2cc(C#Cc3ccc(S(C)(=O)=O)cc3)[nH]c2c1. The minimum atomic E-state index is -3.18. The molecule has 0 fully saturated rings. The molecular formula is C21H22N2O2S. The van der Waals surface area contributed by atoms with E-state index in [0.717, 1.165) is 35.2 Å². The van der Waals surface area contributed by atoms with Crippen molar-refractivity contribution in [3.05, 3.63) is 59.8 Å². The molecule has 0 aliphatic heterocycles. The van der Waals surface area contributed by atoms with Gasteiger partial charge in [0.1, 0.15) is 0 Å². The smallest absolute Gasteiger partial charge is 0.175 e. The van der Waals surface area contributed by atoms with E-state index >= 15 is 0 Å². The Morgan fingerprint density at radius 2 is 1.65 bits per heavy atom. The summed E-state index contributed by atoms with van der Waals surface area (Å²) in [4.78, 5) is 5.95. The number of nitrogens with one attached hydrogen (secondary N) is 1. The van der Waals surface area contributed by atoms with E-state index in [4.69, 9.17) is 0 Å². The van der Waals surface area contributed by atoms with Crippen molar-refractivity contribution in [2.75, 3.05) is 24.2 Å². The molecule has 0 saturated heterocycles. The Bertz CT molecular complexity index is 1080. The molecule has 26 heavy (non-hydrogen) atoms. The van der Waals surface area contributed by atoms with Crippen LogP contribution in [0, 0.1) is 11.8 Å². The van der Waals surface area contributed by atoms with E-state index in [-0.39, 0.29) is 0 Å². The van der Waals surface area contributed by atoms with Gasteiger partial charge in [-0.15, -0.1) is 0 Å². The van der Waals surface area contributed by atoms with Gasteiger partial charge in [0.05, 0.1) is 10.6 Å². The fourth-order valence-corrected chi connectivity index (χ4v) is 3.52. The van der Waals surface area contributed by atoms with Gasteiger partial charge in [-0.1, -0.05) is 12.0 Å². The summed E-state index contributed by atoms with van der Waals surface area (Å²) in [5, 5.41) is 1.12. The highest BCUT2D eigenvalue weighted by Crippen LogP contribution is 2.22. The molecule has 0 aliphatic carbocycles. The fraction of sp³-hybridized carbons (Fsp3) is 0.238. The van der Waals surface area contributed by atoms with Gasteiger partial charge in [0, 0.05) is 41.5 Å². The molecule has 4 nitrogen and oxygen atoms in total. The van der Waals surface area contributed by atoms with Gasteiger partial charge < -0.3 is 9.88 Å². The average Bonchev–Trinajstić information content (AvgIpc) is 3.03. The monoisotopic (exact) mass is 366 g/mol. The lowest BCUT2D eigenvalue weighted by Gasteiger charge is -2.20. The van der Waals surface area contributed by atoms with E-state index in [0.29, 0.717) is 4.90 Å². The normalized spacial score (nSPS) is 11.2. The zero-order valence-electron chi connectivity index (χ0n) is 15.2. The Labute approximate surface area is 154 Å². The summed E-state index contributed by atoms with van der Waals surface area (Å²) < 4.78 is 23.0. The molecule has 0 aliphatic rings. The van der Waals surface area contributed by atoms with Gasteiger partial charge in [0.2, 0.25) is 0 Å². The summed E-state index contributed by atoms with van der Waals surface area (Å²) >= 11 is 0. The van der Waals surface area contributed by atoms with E-state index in [2.05, 4.69) is 53.8 Å². The van der Waals surface area contributed by atoms with Gasteiger partial charge in [-0.05, 0) is 62.2 Å². The van der Waals surface area contributed by atoms with Crippen LogP contribution in [0.15, 0.2) is 53.4 Å². The molecule has 3 rings (SSSR count). The van der Waals surface area contributed by atoms with Crippen LogP contribution in [0.2, 0.25) is 0 Å². The number of fused-ring (bicyclic) bond motifs is 1. The van der Waals surface area contributed by atoms with Crippen molar-refractivity contribution in [3.63, 3.8) is 0 Å². The van der Waals surface area contributed by atoms with Crippen LogP contribution in [0.3, 0.4) is 0 Å². The van der Waals surface area contributed by atoms with Crippen LogP contribution in [0.1, 0.15) is 25.1 Å². The van der Waals surface area contributed by atoms with Crippen LogP contribution in [0.4, 0.5) is 5.69 Å². The van der Waals surface area contributed by atoms with E-state index in [1.54, 1.807) is 24.3 Å². The third kappa shape index (κ3) is 3.92. The van der Waals surface area contributed by atoms with Crippen LogP contribution in [-0.2, 0) is 9.84 Å². The van der Waals surface area contributed by atoms with Crippen molar-refractivity contribution in [1.82, 2.24) is 4.98 Å². The molecule has 1 N–H and O–H groups in total. The van der Waals surface area contributed by atoms with Crippen LogP contribution in [-0.4, -0.2) is 32.7 Å². The number of H-pyrrole nitrogens is 1. The zero-order valence-corrected chi connectivity index (χ0v) is 16.0. The topological polar surface area (TPSA) is 53.2 Å². The number of hydrogen-bond donors (Lipinski definition) is 1. The van der Waals surface area contributed by atoms with E-state index in [1.807, 2.05) is 6.07 Å². The number of hydrogen-bond acceptors (Lipinski definition) is 3. The fourth-order valence-electron chi connectivity index (χ4n) is 2.89. The average molecular weight is 366 g/mol. The van der Waals surface area contributed by atoms with Crippen molar-refractivity contribution in [1.29, 1.82) is 0 Å². The molecule has 0 bridgehead atoms. The molecule has 0 spiro atoms. The predicted octanol–water partition coefficient (Wildman–Crippen LogP) is 3.82. The second-order valence-corrected chi connectivity index (χ2v) is 8.19. The lowest BCUT2D eigenvalue weighted by Crippen LogP contribution is -2.21. The third-order valence-electron chi connectivity index (χ3n) is 4.36. The van der Waals surface area contributed by atoms with Crippen LogP contribution in [0.5, 0.6) is 0 Å². The van der Waals surface area contributed by atoms with Crippen molar-refractivity contribution in [2.45, 2.75) is 18.7 Å². The summed E-state index contributed by atoms with van der Waals surface area (Å²) in [5.41, 5.74) is 3.87. The molecule has 2 aromatic carbocycles. The zero-order chi connectivity index (χ0) is 18.7. The number of benzene rings is 2. The molecule has 0 amide bonds. The number of anilines is 1. The summed E-state index contributed by atoms with van der Waals surface area (Å²) in [7, 11) is -3.18. The molecule has 0 atom stereocenters. The second kappa shape index (κ2) is 7.27. The summed E-state index contributed by atoms with van der Waals surface area (Å²) in [6.45, 7) is 6.24. The molecule has 134 valence electrons. The first kappa shape index (κ1) is 18.1. The highest BCUT2D eigenvalue weighted by atomic mass is 32.2. The molecular weight excluding hydrogens is 344 g/mol. The Morgan fingerprint density at radius 1 is 0.962 bits per heavy atom. The van der Waals surface area contributed by atoms with Gasteiger partial charge in [0.25, 0.3) is 0 Å². The quantitative estimate of drug-likeness (QED) is 0.714. The van der Waals surface area contributed by atoms with E-state index < -0.39 is 9.84 Å². The van der Waals surface area contributed by atoms with E-state index in [9.17, 15) is 8.42 Å². The van der Waals surface area contributed by atoms with Crippen molar-refractivity contribution < 1.29 is 8.42 Å².